The molecule has 2 rings (SSSR count). The number of rotatable bonds is 11. The molecule has 0 radical (unpaired) electrons. The molecule has 0 fully saturated rings. The fraction of sp³-hybridized carbons (Fsp3) is 0.450. The second-order valence-electron chi connectivity index (χ2n) is 6.82. The van der Waals surface area contributed by atoms with Gasteiger partial charge in [0.1, 0.15) is 5.75 Å². The highest BCUT2D eigenvalue weighted by Crippen LogP contribution is 2.17. The Bertz CT molecular complexity index is 848. The quantitative estimate of drug-likeness (QED) is 0.285. The lowest BCUT2D eigenvalue weighted by atomic mass is 10.3. The fourth-order valence-electron chi connectivity index (χ4n) is 2.45. The van der Waals surface area contributed by atoms with Crippen LogP contribution in [0.5, 0.6) is 5.75 Å². The SMILES string of the molecule is CC(C)Oc1ccc(NC(=NCCCNS(C)(=O)=O)NCCc2cccs2)cc1. The van der Waals surface area contributed by atoms with Gasteiger partial charge in [0.15, 0.2) is 5.96 Å². The molecule has 0 atom stereocenters. The zero-order chi connectivity index (χ0) is 21.1. The summed E-state index contributed by atoms with van der Waals surface area (Å²) in [6.45, 7) is 5.61. The molecule has 29 heavy (non-hydrogen) atoms. The van der Waals surface area contributed by atoms with Gasteiger partial charge in [-0.05, 0) is 62.4 Å². The standard InChI is InChI=1S/C20H30N4O3S2/c1-16(2)27-18-9-7-17(8-10-18)24-20(21-12-5-13-23-29(3,25)26)22-14-11-19-6-4-15-28-19/h4,6-10,15-16,23H,5,11-14H2,1-3H3,(H2,21,22,24). The lowest BCUT2D eigenvalue weighted by molar-refractivity contribution is 0.242. The van der Waals surface area contributed by atoms with Crippen LogP contribution >= 0.6 is 11.3 Å². The van der Waals surface area contributed by atoms with E-state index in [1.807, 2.05) is 44.2 Å². The number of hydrogen-bond acceptors (Lipinski definition) is 5. The summed E-state index contributed by atoms with van der Waals surface area (Å²) in [7, 11) is -3.17. The predicted octanol–water partition coefficient (Wildman–Crippen LogP) is 3.07. The highest BCUT2D eigenvalue weighted by molar-refractivity contribution is 7.88. The molecule has 7 nitrogen and oxygen atoms in total. The van der Waals surface area contributed by atoms with Crippen LogP contribution in [-0.4, -0.2) is 46.4 Å². The van der Waals surface area contributed by atoms with Gasteiger partial charge in [-0.25, -0.2) is 13.1 Å². The van der Waals surface area contributed by atoms with Crippen molar-refractivity contribution in [1.29, 1.82) is 0 Å². The van der Waals surface area contributed by atoms with Crippen LogP contribution in [0.3, 0.4) is 0 Å². The van der Waals surface area contributed by atoms with Gasteiger partial charge in [0.2, 0.25) is 10.0 Å². The predicted molar refractivity (Wildman–Crippen MR) is 122 cm³/mol. The minimum atomic E-state index is -3.17. The Labute approximate surface area is 177 Å². The third-order valence-corrected chi connectivity index (χ3v) is 5.37. The van der Waals surface area contributed by atoms with Crippen molar-refractivity contribution in [1.82, 2.24) is 10.0 Å². The van der Waals surface area contributed by atoms with Crippen LogP contribution in [0.2, 0.25) is 0 Å². The minimum Gasteiger partial charge on any atom is -0.491 e. The van der Waals surface area contributed by atoms with Crippen molar-refractivity contribution in [2.24, 2.45) is 4.99 Å². The lowest BCUT2D eigenvalue weighted by Gasteiger charge is -2.14. The summed E-state index contributed by atoms with van der Waals surface area (Å²) in [5, 5.41) is 8.70. The average Bonchev–Trinajstić information content (AvgIpc) is 3.15. The molecule has 0 aliphatic carbocycles. The Morgan fingerprint density at radius 1 is 1.17 bits per heavy atom. The van der Waals surface area contributed by atoms with E-state index in [1.54, 1.807) is 11.3 Å². The molecular weight excluding hydrogens is 408 g/mol. The normalized spacial score (nSPS) is 12.2. The van der Waals surface area contributed by atoms with Crippen LogP contribution in [0, 0.1) is 0 Å². The van der Waals surface area contributed by atoms with E-state index in [0.717, 1.165) is 30.7 Å². The molecular formula is C20H30N4O3S2. The number of anilines is 1. The first-order valence-electron chi connectivity index (χ1n) is 9.61. The number of aliphatic imine (C=N–C) groups is 1. The molecule has 0 amide bonds. The number of sulfonamides is 1. The van der Waals surface area contributed by atoms with Crippen LogP contribution in [0.1, 0.15) is 25.1 Å². The summed E-state index contributed by atoms with van der Waals surface area (Å²) in [5.74, 6) is 1.49. The van der Waals surface area contributed by atoms with Gasteiger partial charge in [-0.1, -0.05) is 6.07 Å². The molecule has 0 aliphatic heterocycles. The molecule has 3 N–H and O–H groups in total. The highest BCUT2D eigenvalue weighted by atomic mass is 32.2. The zero-order valence-electron chi connectivity index (χ0n) is 17.1. The summed E-state index contributed by atoms with van der Waals surface area (Å²) in [4.78, 5) is 5.87. The molecule has 160 valence electrons. The topological polar surface area (TPSA) is 91.8 Å². The number of hydrogen-bond donors (Lipinski definition) is 3. The van der Waals surface area contributed by atoms with Gasteiger partial charge in [0, 0.05) is 30.2 Å². The van der Waals surface area contributed by atoms with Gasteiger partial charge in [0.25, 0.3) is 0 Å². The minimum absolute atomic E-state index is 0.130. The molecule has 0 aliphatic rings. The lowest BCUT2D eigenvalue weighted by Crippen LogP contribution is -2.33. The van der Waals surface area contributed by atoms with Crippen molar-refractivity contribution < 1.29 is 13.2 Å². The Balaban J connectivity index is 1.92. The van der Waals surface area contributed by atoms with Gasteiger partial charge < -0.3 is 15.4 Å². The number of ether oxygens (including phenoxy) is 1. The van der Waals surface area contributed by atoms with E-state index in [1.165, 1.54) is 4.88 Å². The number of thiophene rings is 1. The third-order valence-electron chi connectivity index (χ3n) is 3.70. The first-order valence-corrected chi connectivity index (χ1v) is 12.4. The van der Waals surface area contributed by atoms with Crippen molar-refractivity contribution in [2.45, 2.75) is 32.8 Å². The molecule has 0 saturated heterocycles. The highest BCUT2D eigenvalue weighted by Gasteiger charge is 2.04. The maximum atomic E-state index is 11.1. The van der Waals surface area contributed by atoms with E-state index >= 15 is 0 Å². The Morgan fingerprint density at radius 2 is 1.93 bits per heavy atom. The summed E-state index contributed by atoms with van der Waals surface area (Å²) in [5.41, 5.74) is 0.901. The summed E-state index contributed by atoms with van der Waals surface area (Å²) in [6, 6.07) is 11.9. The third kappa shape index (κ3) is 10.3. The van der Waals surface area contributed by atoms with E-state index < -0.39 is 10.0 Å². The smallest absolute Gasteiger partial charge is 0.208 e. The average molecular weight is 439 g/mol. The molecule has 2 aromatic rings. The summed E-state index contributed by atoms with van der Waals surface area (Å²) in [6.07, 6.45) is 2.81. The largest absolute Gasteiger partial charge is 0.491 e. The van der Waals surface area contributed by atoms with E-state index in [-0.39, 0.29) is 6.10 Å². The zero-order valence-corrected chi connectivity index (χ0v) is 18.8. The first kappa shape index (κ1) is 23.2. The van der Waals surface area contributed by atoms with Crippen molar-refractivity contribution in [3.63, 3.8) is 0 Å². The molecule has 0 bridgehead atoms. The number of nitrogens with zero attached hydrogens (tertiary/aromatic N) is 1. The van der Waals surface area contributed by atoms with Crippen molar-refractivity contribution in [3.8, 4) is 5.75 Å². The van der Waals surface area contributed by atoms with Crippen LogP contribution in [0.4, 0.5) is 5.69 Å². The molecule has 1 aromatic heterocycles. The Morgan fingerprint density at radius 3 is 2.55 bits per heavy atom. The van der Waals surface area contributed by atoms with E-state index in [4.69, 9.17) is 4.74 Å². The van der Waals surface area contributed by atoms with Gasteiger partial charge in [-0.3, -0.25) is 4.99 Å². The Hall–Kier alpha value is -2.10. The van der Waals surface area contributed by atoms with Crippen molar-refractivity contribution >= 4 is 33.0 Å². The van der Waals surface area contributed by atoms with Crippen LogP contribution in [-0.2, 0) is 16.4 Å². The van der Waals surface area contributed by atoms with Crippen LogP contribution < -0.4 is 20.1 Å². The number of nitrogens with one attached hydrogen (secondary N) is 3. The van der Waals surface area contributed by atoms with E-state index in [0.29, 0.717) is 25.5 Å². The van der Waals surface area contributed by atoms with E-state index in [2.05, 4.69) is 31.8 Å². The van der Waals surface area contributed by atoms with Crippen LogP contribution in [0.25, 0.3) is 0 Å². The summed E-state index contributed by atoms with van der Waals surface area (Å²) >= 11 is 1.73. The maximum absolute atomic E-state index is 11.1. The molecule has 1 heterocycles. The summed E-state index contributed by atoms with van der Waals surface area (Å²) < 4.78 is 30.4. The van der Waals surface area contributed by atoms with Crippen molar-refractivity contribution in [3.05, 3.63) is 46.7 Å². The Kier molecular flexibility index (Phi) is 9.43. The van der Waals surface area contributed by atoms with E-state index in [9.17, 15) is 8.42 Å². The second-order valence-corrected chi connectivity index (χ2v) is 9.69. The second kappa shape index (κ2) is 11.8. The number of benzene rings is 1. The molecule has 0 spiro atoms. The van der Waals surface area contributed by atoms with Crippen LogP contribution in [0.15, 0.2) is 46.8 Å². The molecule has 0 saturated carbocycles. The van der Waals surface area contributed by atoms with Gasteiger partial charge >= 0.3 is 0 Å². The maximum Gasteiger partial charge on any atom is 0.208 e. The van der Waals surface area contributed by atoms with Gasteiger partial charge in [-0.2, -0.15) is 0 Å². The van der Waals surface area contributed by atoms with Gasteiger partial charge in [0.05, 0.1) is 12.4 Å². The number of guanidine groups is 1. The first-order chi connectivity index (χ1) is 13.8. The molecule has 1 aromatic carbocycles. The van der Waals surface area contributed by atoms with Crippen molar-refractivity contribution in [2.75, 3.05) is 31.2 Å². The molecule has 9 heteroatoms. The monoisotopic (exact) mass is 438 g/mol. The van der Waals surface area contributed by atoms with Gasteiger partial charge in [-0.15, -0.1) is 11.3 Å². The molecule has 0 unspecified atom stereocenters. The fourth-order valence-corrected chi connectivity index (χ4v) is 3.68.